The molecule has 0 bridgehead atoms. The van der Waals surface area contributed by atoms with Crippen LogP contribution in [0.3, 0.4) is 0 Å². The largest absolute Gasteiger partial charge is 0.500 e. The number of ether oxygens (including phenoxy) is 1. The van der Waals surface area contributed by atoms with Gasteiger partial charge in [0.2, 0.25) is 5.75 Å². The molecule has 0 amide bonds. The van der Waals surface area contributed by atoms with Crippen molar-refractivity contribution in [1.29, 1.82) is 0 Å². The molecule has 0 atom stereocenters. The van der Waals surface area contributed by atoms with Gasteiger partial charge in [-0.1, -0.05) is 0 Å². The third-order valence-corrected chi connectivity index (χ3v) is 3.84. The van der Waals surface area contributed by atoms with Crippen LogP contribution in [0, 0.1) is 24.0 Å². The molecule has 3 aromatic rings. The minimum atomic E-state index is -0.654. The van der Waals surface area contributed by atoms with Crippen molar-refractivity contribution in [2.75, 3.05) is 7.11 Å². The van der Waals surface area contributed by atoms with Gasteiger partial charge in [-0.2, -0.15) is 0 Å². The van der Waals surface area contributed by atoms with Crippen molar-refractivity contribution in [3.8, 4) is 22.9 Å². The number of fused-ring (bicyclic) bond motifs is 1. The first-order valence-electron chi connectivity index (χ1n) is 6.93. The molecule has 118 valence electrons. The standard InChI is InChI=1S/C16H15N3O4/c1-8-4-11-12(5-9(8)2)18-16(17-11)10-6-13(19(21)22)15(20)14(7-10)23-3/h4-7,20H,1-3H3,(H,17,18). The smallest absolute Gasteiger partial charge is 0.315 e. The van der Waals surface area contributed by atoms with Gasteiger partial charge in [0, 0.05) is 11.6 Å². The van der Waals surface area contributed by atoms with Crippen molar-refractivity contribution in [3.05, 3.63) is 45.5 Å². The number of hydrogen-bond donors (Lipinski definition) is 2. The van der Waals surface area contributed by atoms with Crippen molar-refractivity contribution in [2.45, 2.75) is 13.8 Å². The lowest BCUT2D eigenvalue weighted by Gasteiger charge is -2.06. The summed E-state index contributed by atoms with van der Waals surface area (Å²) in [5.74, 6) is 0.0115. The molecule has 1 aromatic heterocycles. The molecule has 2 N–H and O–H groups in total. The van der Waals surface area contributed by atoms with Gasteiger partial charge in [-0.25, -0.2) is 4.98 Å². The molecule has 0 fully saturated rings. The Labute approximate surface area is 131 Å². The first kappa shape index (κ1) is 14.8. The van der Waals surface area contributed by atoms with Gasteiger partial charge in [-0.05, 0) is 43.2 Å². The Morgan fingerprint density at radius 2 is 1.91 bits per heavy atom. The van der Waals surface area contributed by atoms with Gasteiger partial charge >= 0.3 is 5.69 Å². The number of nitro groups is 1. The van der Waals surface area contributed by atoms with E-state index >= 15 is 0 Å². The fraction of sp³-hybridized carbons (Fsp3) is 0.188. The number of aromatic amines is 1. The van der Waals surface area contributed by atoms with Crippen molar-refractivity contribution in [3.63, 3.8) is 0 Å². The third-order valence-electron chi connectivity index (χ3n) is 3.84. The zero-order valence-electron chi connectivity index (χ0n) is 12.9. The summed E-state index contributed by atoms with van der Waals surface area (Å²) >= 11 is 0. The lowest BCUT2D eigenvalue weighted by atomic mass is 10.1. The highest BCUT2D eigenvalue weighted by molar-refractivity contribution is 5.82. The van der Waals surface area contributed by atoms with E-state index in [0.717, 1.165) is 22.2 Å². The topological polar surface area (TPSA) is 101 Å². The normalized spacial score (nSPS) is 10.9. The summed E-state index contributed by atoms with van der Waals surface area (Å²) in [5, 5.41) is 20.9. The van der Waals surface area contributed by atoms with Gasteiger partial charge in [0.25, 0.3) is 0 Å². The van der Waals surface area contributed by atoms with E-state index in [1.165, 1.54) is 19.2 Å². The highest BCUT2D eigenvalue weighted by Gasteiger charge is 2.21. The summed E-state index contributed by atoms with van der Waals surface area (Å²) in [4.78, 5) is 18.1. The van der Waals surface area contributed by atoms with Crippen molar-refractivity contribution in [1.82, 2.24) is 9.97 Å². The van der Waals surface area contributed by atoms with Crippen LogP contribution in [-0.4, -0.2) is 27.1 Å². The van der Waals surface area contributed by atoms with E-state index in [-0.39, 0.29) is 5.75 Å². The molecule has 0 unspecified atom stereocenters. The van der Waals surface area contributed by atoms with Gasteiger partial charge in [0.1, 0.15) is 5.82 Å². The number of nitrogens with zero attached hydrogens (tertiary/aromatic N) is 2. The van der Waals surface area contributed by atoms with Crippen LogP contribution < -0.4 is 4.74 Å². The summed E-state index contributed by atoms with van der Waals surface area (Å²) < 4.78 is 5.01. The van der Waals surface area contributed by atoms with E-state index in [1.807, 2.05) is 26.0 Å². The fourth-order valence-electron chi connectivity index (χ4n) is 2.43. The molecule has 2 aromatic carbocycles. The van der Waals surface area contributed by atoms with Gasteiger partial charge in [0.15, 0.2) is 5.75 Å². The van der Waals surface area contributed by atoms with Gasteiger partial charge < -0.3 is 14.8 Å². The number of nitro benzene ring substituents is 1. The molecule has 0 aliphatic heterocycles. The van der Waals surface area contributed by atoms with Gasteiger partial charge in [-0.3, -0.25) is 10.1 Å². The number of aromatic nitrogens is 2. The SMILES string of the molecule is COc1cc(-c2nc3cc(C)c(C)cc3[nH]2)cc([N+](=O)[O-])c1O. The monoisotopic (exact) mass is 313 g/mol. The molecule has 0 spiro atoms. The van der Waals surface area contributed by atoms with Crippen molar-refractivity contribution in [2.24, 2.45) is 0 Å². The van der Waals surface area contributed by atoms with E-state index in [9.17, 15) is 15.2 Å². The molecule has 23 heavy (non-hydrogen) atoms. The number of methoxy groups -OCH3 is 1. The molecule has 7 nitrogen and oxygen atoms in total. The Morgan fingerprint density at radius 3 is 2.57 bits per heavy atom. The van der Waals surface area contributed by atoms with Crippen LogP contribution in [0.5, 0.6) is 11.5 Å². The fourth-order valence-corrected chi connectivity index (χ4v) is 2.43. The third kappa shape index (κ3) is 2.46. The Kier molecular flexibility index (Phi) is 3.40. The van der Waals surface area contributed by atoms with Gasteiger partial charge in [-0.15, -0.1) is 0 Å². The molecule has 7 heteroatoms. The van der Waals surface area contributed by atoms with Crippen LogP contribution in [0.2, 0.25) is 0 Å². The molecule has 0 saturated heterocycles. The maximum absolute atomic E-state index is 11.1. The molecule has 3 rings (SSSR count). The van der Waals surface area contributed by atoms with Gasteiger partial charge in [0.05, 0.1) is 23.1 Å². The molecular formula is C16H15N3O4. The Balaban J connectivity index is 2.21. The second-order valence-corrected chi connectivity index (χ2v) is 5.34. The zero-order chi connectivity index (χ0) is 16.7. The van der Waals surface area contributed by atoms with E-state index in [4.69, 9.17) is 4.74 Å². The number of benzene rings is 2. The molecule has 0 aliphatic rings. The number of imidazole rings is 1. The minimum absolute atomic E-state index is 0.0296. The van der Waals surface area contributed by atoms with Crippen molar-refractivity contribution < 1.29 is 14.8 Å². The van der Waals surface area contributed by atoms with Crippen LogP contribution in [0.1, 0.15) is 11.1 Å². The summed E-state index contributed by atoms with van der Waals surface area (Å²) in [6.07, 6.45) is 0. The number of hydrogen-bond acceptors (Lipinski definition) is 5. The number of aromatic hydroxyl groups is 1. The van der Waals surface area contributed by atoms with Crippen LogP contribution in [0.15, 0.2) is 24.3 Å². The second-order valence-electron chi connectivity index (χ2n) is 5.34. The van der Waals surface area contributed by atoms with Crippen LogP contribution >= 0.6 is 0 Å². The molecule has 0 saturated carbocycles. The highest BCUT2D eigenvalue weighted by Crippen LogP contribution is 2.39. The number of phenolic OH excluding ortho intramolecular Hbond substituents is 1. The Morgan fingerprint density at radius 1 is 1.22 bits per heavy atom. The number of aryl methyl sites for hydroxylation is 2. The predicted octanol–water partition coefficient (Wildman–Crippen LogP) is 3.47. The van der Waals surface area contributed by atoms with Crippen molar-refractivity contribution >= 4 is 16.7 Å². The lowest BCUT2D eigenvalue weighted by Crippen LogP contribution is -1.94. The summed E-state index contributed by atoms with van der Waals surface area (Å²) in [6, 6.07) is 6.72. The van der Waals surface area contributed by atoms with E-state index in [2.05, 4.69) is 9.97 Å². The second kappa shape index (κ2) is 5.28. The molecular weight excluding hydrogens is 298 g/mol. The van der Waals surface area contributed by atoms with Crippen LogP contribution in [-0.2, 0) is 0 Å². The lowest BCUT2D eigenvalue weighted by molar-refractivity contribution is -0.385. The zero-order valence-corrected chi connectivity index (χ0v) is 12.9. The molecule has 0 radical (unpaired) electrons. The summed E-state index contributed by atoms with van der Waals surface area (Å²) in [7, 11) is 1.34. The van der Waals surface area contributed by atoms with Crippen LogP contribution in [0.4, 0.5) is 5.69 Å². The van der Waals surface area contributed by atoms with E-state index in [0.29, 0.717) is 11.4 Å². The Bertz CT molecular complexity index is 892. The predicted molar refractivity (Wildman–Crippen MR) is 85.9 cm³/mol. The summed E-state index contributed by atoms with van der Waals surface area (Å²) in [5.41, 5.74) is 3.91. The number of rotatable bonds is 3. The highest BCUT2D eigenvalue weighted by atomic mass is 16.6. The number of nitrogens with one attached hydrogen (secondary N) is 1. The van der Waals surface area contributed by atoms with Crippen LogP contribution in [0.25, 0.3) is 22.4 Å². The first-order valence-corrected chi connectivity index (χ1v) is 6.93. The quantitative estimate of drug-likeness (QED) is 0.569. The van der Waals surface area contributed by atoms with E-state index in [1.54, 1.807) is 0 Å². The maximum atomic E-state index is 11.1. The minimum Gasteiger partial charge on any atom is -0.500 e. The first-order chi connectivity index (χ1) is 10.9. The maximum Gasteiger partial charge on any atom is 0.315 e. The van der Waals surface area contributed by atoms with E-state index < -0.39 is 16.4 Å². The number of phenols is 1. The Hall–Kier alpha value is -3.09. The number of H-pyrrole nitrogens is 1. The average molecular weight is 313 g/mol. The average Bonchev–Trinajstić information content (AvgIpc) is 2.90. The molecule has 0 aliphatic carbocycles. The summed E-state index contributed by atoms with van der Waals surface area (Å²) in [6.45, 7) is 4.00. The molecule has 1 heterocycles.